The molecular weight excluding hydrogens is 288 g/mol. The summed E-state index contributed by atoms with van der Waals surface area (Å²) in [5.41, 5.74) is 0.862. The molecule has 2 saturated heterocycles. The minimum absolute atomic E-state index is 0.306. The maximum absolute atomic E-state index is 5.12. The predicted molar refractivity (Wildman–Crippen MR) is 99.9 cm³/mol. The number of nitrogens with zero attached hydrogens (tertiary/aromatic N) is 2. The van der Waals surface area contributed by atoms with E-state index in [2.05, 4.69) is 65.3 Å². The third-order valence-corrected chi connectivity index (χ3v) is 3.43. The molecule has 2 fully saturated rings. The number of rotatable bonds is 0. The maximum atomic E-state index is 5.12. The fraction of sp³-hybridized carbons (Fsp3) is 1.00. The lowest BCUT2D eigenvalue weighted by molar-refractivity contribution is -0.125. The lowest BCUT2D eigenvalue weighted by atomic mass is 10.0. The highest BCUT2D eigenvalue weighted by atomic mass is 16.7. The van der Waals surface area contributed by atoms with Crippen LogP contribution >= 0.6 is 0 Å². The van der Waals surface area contributed by atoms with Crippen LogP contribution in [0.2, 0.25) is 0 Å². The molecule has 140 valence electrons. The highest BCUT2D eigenvalue weighted by molar-refractivity contribution is 4.80. The van der Waals surface area contributed by atoms with Crippen LogP contribution in [0.1, 0.15) is 62.3 Å². The van der Waals surface area contributed by atoms with Gasteiger partial charge in [0.05, 0.1) is 13.2 Å². The lowest BCUT2D eigenvalue weighted by Gasteiger charge is -2.41. The highest BCUT2D eigenvalue weighted by Crippen LogP contribution is 2.16. The van der Waals surface area contributed by atoms with Gasteiger partial charge in [0.1, 0.15) is 0 Å². The largest absolute Gasteiger partial charge is 0.348 e. The van der Waals surface area contributed by atoms with Gasteiger partial charge < -0.3 is 14.4 Å². The zero-order valence-electron chi connectivity index (χ0n) is 17.5. The summed E-state index contributed by atoms with van der Waals surface area (Å²) in [5.74, 6) is -0.306. The second-order valence-electron chi connectivity index (χ2n) is 9.56. The number of piperazine rings is 1. The van der Waals surface area contributed by atoms with Crippen LogP contribution in [0.25, 0.3) is 0 Å². The summed E-state index contributed by atoms with van der Waals surface area (Å²) in [7, 11) is 2.19. The SMILES string of the molecule is CC(C)(C)C.CC1(C)OCCO1.CN1CCN(C(C)(C)C)CC1. The van der Waals surface area contributed by atoms with E-state index in [0.717, 1.165) is 13.2 Å². The van der Waals surface area contributed by atoms with Crippen LogP contribution in [0.4, 0.5) is 0 Å². The Hall–Kier alpha value is -0.160. The van der Waals surface area contributed by atoms with Crippen molar-refractivity contribution in [2.45, 2.75) is 73.6 Å². The summed E-state index contributed by atoms with van der Waals surface area (Å²) in [5, 5.41) is 0. The van der Waals surface area contributed by atoms with Gasteiger partial charge in [-0.2, -0.15) is 0 Å². The third kappa shape index (κ3) is 13.9. The third-order valence-electron chi connectivity index (χ3n) is 3.43. The molecule has 0 radical (unpaired) electrons. The van der Waals surface area contributed by atoms with Crippen molar-refractivity contribution in [3.63, 3.8) is 0 Å². The van der Waals surface area contributed by atoms with Crippen LogP contribution in [0.3, 0.4) is 0 Å². The van der Waals surface area contributed by atoms with Gasteiger partial charge in [0, 0.05) is 31.7 Å². The van der Waals surface area contributed by atoms with E-state index in [1.165, 1.54) is 26.2 Å². The van der Waals surface area contributed by atoms with Crippen LogP contribution < -0.4 is 0 Å². The van der Waals surface area contributed by atoms with E-state index in [4.69, 9.17) is 9.47 Å². The molecule has 2 heterocycles. The molecule has 0 unspecified atom stereocenters. The average Bonchev–Trinajstić information content (AvgIpc) is 2.72. The van der Waals surface area contributed by atoms with Crippen molar-refractivity contribution >= 4 is 0 Å². The van der Waals surface area contributed by atoms with E-state index in [-0.39, 0.29) is 5.79 Å². The Balaban J connectivity index is 0.000000347. The van der Waals surface area contributed by atoms with Crippen LogP contribution in [-0.4, -0.2) is 67.6 Å². The topological polar surface area (TPSA) is 24.9 Å². The van der Waals surface area contributed by atoms with Crippen LogP contribution in [0.15, 0.2) is 0 Å². The van der Waals surface area contributed by atoms with Gasteiger partial charge in [0.15, 0.2) is 5.79 Å². The van der Waals surface area contributed by atoms with Crippen molar-refractivity contribution in [2.24, 2.45) is 5.41 Å². The average molecular weight is 331 g/mol. The molecule has 23 heavy (non-hydrogen) atoms. The molecule has 0 bridgehead atoms. The minimum atomic E-state index is -0.306. The Bertz CT molecular complexity index is 294. The molecule has 0 aliphatic carbocycles. The van der Waals surface area contributed by atoms with Crippen molar-refractivity contribution in [3.8, 4) is 0 Å². The molecule has 2 aliphatic heterocycles. The molecule has 0 aromatic rings. The smallest absolute Gasteiger partial charge is 0.162 e. The summed E-state index contributed by atoms with van der Waals surface area (Å²) < 4.78 is 10.2. The first kappa shape index (κ1) is 22.8. The van der Waals surface area contributed by atoms with E-state index in [1.54, 1.807) is 0 Å². The van der Waals surface area contributed by atoms with Crippen molar-refractivity contribution < 1.29 is 9.47 Å². The first-order valence-electron chi connectivity index (χ1n) is 8.92. The van der Waals surface area contributed by atoms with E-state index in [1.807, 2.05) is 13.8 Å². The molecule has 0 N–H and O–H groups in total. The van der Waals surface area contributed by atoms with Gasteiger partial charge in [-0.1, -0.05) is 27.7 Å². The van der Waals surface area contributed by atoms with Gasteiger partial charge in [-0.15, -0.1) is 0 Å². The molecule has 0 aromatic carbocycles. The predicted octanol–water partition coefficient (Wildman–Crippen LogP) is 3.85. The van der Waals surface area contributed by atoms with Gasteiger partial charge in [-0.3, -0.25) is 4.90 Å². The summed E-state index contributed by atoms with van der Waals surface area (Å²) in [6.07, 6.45) is 0. The molecule has 4 nitrogen and oxygen atoms in total. The molecule has 0 spiro atoms. The van der Waals surface area contributed by atoms with Crippen molar-refractivity contribution in [1.29, 1.82) is 0 Å². The van der Waals surface area contributed by atoms with E-state index in [9.17, 15) is 0 Å². The normalized spacial score (nSPS) is 22.7. The fourth-order valence-electron chi connectivity index (χ4n) is 2.09. The van der Waals surface area contributed by atoms with E-state index in [0.29, 0.717) is 11.0 Å². The van der Waals surface area contributed by atoms with Gasteiger partial charge in [-0.25, -0.2) is 0 Å². The van der Waals surface area contributed by atoms with Crippen LogP contribution in [-0.2, 0) is 9.47 Å². The van der Waals surface area contributed by atoms with Crippen LogP contribution in [0.5, 0.6) is 0 Å². The molecular formula is C19H42N2O2. The molecule has 4 heteroatoms. The number of hydrogen-bond acceptors (Lipinski definition) is 4. The van der Waals surface area contributed by atoms with Gasteiger partial charge in [-0.05, 0) is 47.1 Å². The molecule has 2 aliphatic rings. The zero-order chi connectivity index (χ0) is 18.3. The Kier molecular flexibility index (Phi) is 9.29. The van der Waals surface area contributed by atoms with Crippen molar-refractivity contribution in [3.05, 3.63) is 0 Å². The summed E-state index contributed by atoms with van der Waals surface area (Å²) in [6.45, 7) is 25.8. The Morgan fingerprint density at radius 2 is 1.09 bits per heavy atom. The second-order valence-corrected chi connectivity index (χ2v) is 9.56. The summed E-state index contributed by atoms with van der Waals surface area (Å²) in [6, 6.07) is 0. The fourth-order valence-corrected chi connectivity index (χ4v) is 2.09. The monoisotopic (exact) mass is 330 g/mol. The number of hydrogen-bond donors (Lipinski definition) is 0. The van der Waals surface area contributed by atoms with E-state index < -0.39 is 0 Å². The Morgan fingerprint density at radius 1 is 0.739 bits per heavy atom. The van der Waals surface area contributed by atoms with Gasteiger partial charge >= 0.3 is 0 Å². The van der Waals surface area contributed by atoms with Gasteiger partial charge in [0.25, 0.3) is 0 Å². The second kappa shape index (κ2) is 9.36. The quantitative estimate of drug-likeness (QED) is 0.673. The standard InChI is InChI=1S/C9H20N2.C5H10O2.C5H12/c1-9(2,3)11-7-5-10(4)6-8-11;1-5(2)6-3-4-7-5;1-5(2,3)4/h5-8H2,1-4H3;3-4H2,1-2H3;1-4H3. The van der Waals surface area contributed by atoms with Gasteiger partial charge in [0.2, 0.25) is 0 Å². The molecule has 0 aromatic heterocycles. The first-order valence-corrected chi connectivity index (χ1v) is 8.92. The number of likely N-dealkylation sites (N-methyl/N-ethyl adjacent to an activating group) is 1. The first-order chi connectivity index (χ1) is 10.2. The van der Waals surface area contributed by atoms with E-state index >= 15 is 0 Å². The maximum Gasteiger partial charge on any atom is 0.162 e. The zero-order valence-corrected chi connectivity index (χ0v) is 17.5. The number of ether oxygens (including phenoxy) is 2. The minimum Gasteiger partial charge on any atom is -0.348 e. The summed E-state index contributed by atoms with van der Waals surface area (Å²) in [4.78, 5) is 4.94. The van der Waals surface area contributed by atoms with Crippen LogP contribution in [0, 0.1) is 5.41 Å². The Morgan fingerprint density at radius 3 is 1.30 bits per heavy atom. The van der Waals surface area contributed by atoms with Crippen molar-refractivity contribution in [2.75, 3.05) is 46.4 Å². The Labute approximate surface area is 145 Å². The molecule has 0 saturated carbocycles. The molecule has 0 amide bonds. The molecule has 0 atom stereocenters. The van der Waals surface area contributed by atoms with Crippen molar-refractivity contribution in [1.82, 2.24) is 9.80 Å². The highest BCUT2D eigenvalue weighted by Gasteiger charge is 2.24. The lowest BCUT2D eigenvalue weighted by Crippen LogP contribution is -2.52. The summed E-state index contributed by atoms with van der Waals surface area (Å²) >= 11 is 0. The molecule has 2 rings (SSSR count).